The van der Waals surface area contributed by atoms with Crippen LogP contribution >= 0.6 is 23.4 Å². The molecule has 1 N–H and O–H groups in total. The van der Waals surface area contributed by atoms with Gasteiger partial charge in [0.15, 0.2) is 15.9 Å². The second kappa shape index (κ2) is 4.67. The Kier molecular flexibility index (Phi) is 3.25. The van der Waals surface area contributed by atoms with Crippen LogP contribution in [0.4, 0.5) is 0 Å². The summed E-state index contributed by atoms with van der Waals surface area (Å²) < 4.78 is 5.11. The molecule has 0 radical (unpaired) electrons. The summed E-state index contributed by atoms with van der Waals surface area (Å²) in [6, 6.07) is 0. The van der Waals surface area contributed by atoms with Gasteiger partial charge in [-0.05, 0) is 18.7 Å². The molecule has 0 aromatic carbocycles. The van der Waals surface area contributed by atoms with Gasteiger partial charge in [-0.15, -0.1) is 5.10 Å². The van der Waals surface area contributed by atoms with E-state index in [4.69, 9.17) is 16.3 Å². The number of rotatable bonds is 3. The molecule has 8 heteroatoms. The summed E-state index contributed by atoms with van der Waals surface area (Å²) in [7, 11) is 1.51. The zero-order chi connectivity index (χ0) is 11.5. The summed E-state index contributed by atoms with van der Waals surface area (Å²) in [5.41, 5.74) is 0. The van der Waals surface area contributed by atoms with E-state index < -0.39 is 0 Å². The molecular weight excluding hydrogens is 250 g/mol. The van der Waals surface area contributed by atoms with Crippen molar-refractivity contribution < 1.29 is 4.74 Å². The Labute approximate surface area is 101 Å². The average molecular weight is 258 g/mol. The third-order valence-electron chi connectivity index (χ3n) is 1.70. The molecule has 0 spiro atoms. The zero-order valence-corrected chi connectivity index (χ0v) is 10.1. The molecule has 0 aliphatic carbocycles. The molecule has 0 unspecified atom stereocenters. The van der Waals surface area contributed by atoms with Crippen molar-refractivity contribution in [1.82, 2.24) is 25.1 Å². The van der Waals surface area contributed by atoms with E-state index in [0.29, 0.717) is 15.9 Å². The Morgan fingerprint density at radius 3 is 2.88 bits per heavy atom. The molecule has 2 aromatic heterocycles. The van der Waals surface area contributed by atoms with Crippen LogP contribution in [0.5, 0.6) is 5.75 Å². The fourth-order valence-corrected chi connectivity index (χ4v) is 2.12. The number of nitrogens with one attached hydrogen (secondary N) is 1. The van der Waals surface area contributed by atoms with Crippen LogP contribution in [0.15, 0.2) is 16.5 Å². The molecule has 6 nitrogen and oxygen atoms in total. The molecule has 2 aromatic rings. The van der Waals surface area contributed by atoms with Crippen LogP contribution in [-0.2, 0) is 0 Å². The van der Waals surface area contributed by atoms with Crippen molar-refractivity contribution in [3.05, 3.63) is 17.3 Å². The largest absolute Gasteiger partial charge is 0.491 e. The zero-order valence-electron chi connectivity index (χ0n) is 8.56. The number of aromatic nitrogens is 5. The molecule has 0 saturated heterocycles. The Morgan fingerprint density at radius 2 is 2.25 bits per heavy atom. The van der Waals surface area contributed by atoms with Gasteiger partial charge < -0.3 is 4.74 Å². The van der Waals surface area contributed by atoms with Crippen molar-refractivity contribution in [2.75, 3.05) is 7.11 Å². The third-order valence-corrected chi connectivity index (χ3v) is 2.81. The second-order valence-electron chi connectivity index (χ2n) is 2.81. The number of nitrogens with zero attached hydrogens (tertiary/aromatic N) is 4. The third kappa shape index (κ3) is 2.25. The van der Waals surface area contributed by atoms with Crippen molar-refractivity contribution in [1.29, 1.82) is 0 Å². The molecule has 84 valence electrons. The van der Waals surface area contributed by atoms with Gasteiger partial charge >= 0.3 is 0 Å². The minimum atomic E-state index is 0.271. The van der Waals surface area contributed by atoms with Crippen molar-refractivity contribution in [3.8, 4) is 5.75 Å². The maximum Gasteiger partial charge on any atom is 0.214 e. The van der Waals surface area contributed by atoms with Gasteiger partial charge in [0.1, 0.15) is 12.2 Å². The first kappa shape index (κ1) is 11.2. The van der Waals surface area contributed by atoms with Crippen LogP contribution in [0.2, 0.25) is 5.15 Å². The lowest BCUT2D eigenvalue weighted by Crippen LogP contribution is -1.93. The number of aromatic amines is 1. The number of methoxy groups -OCH3 is 1. The van der Waals surface area contributed by atoms with Gasteiger partial charge in [-0.3, -0.25) is 5.10 Å². The standard InChI is InChI=1S/C8H8ClN5OS/c1-4-12-8(14-13-4)16-7-5(15-2)6(9)10-3-11-7/h3H,1-2H3,(H,12,13,14). The molecule has 0 atom stereocenters. The summed E-state index contributed by atoms with van der Waals surface area (Å²) >= 11 is 7.12. The molecule has 0 aliphatic heterocycles. The van der Waals surface area contributed by atoms with Crippen molar-refractivity contribution in [2.45, 2.75) is 17.1 Å². The van der Waals surface area contributed by atoms with Crippen LogP contribution in [0.25, 0.3) is 0 Å². The van der Waals surface area contributed by atoms with Crippen molar-refractivity contribution in [2.24, 2.45) is 0 Å². The summed E-state index contributed by atoms with van der Waals surface area (Å²) in [6.45, 7) is 1.82. The van der Waals surface area contributed by atoms with Gasteiger partial charge in [0.2, 0.25) is 5.16 Å². The van der Waals surface area contributed by atoms with Crippen LogP contribution in [0.3, 0.4) is 0 Å². The highest BCUT2D eigenvalue weighted by Gasteiger charge is 2.13. The normalized spacial score (nSPS) is 10.4. The van der Waals surface area contributed by atoms with E-state index in [-0.39, 0.29) is 5.15 Å². The van der Waals surface area contributed by atoms with Crippen LogP contribution in [0, 0.1) is 6.92 Å². The van der Waals surface area contributed by atoms with Gasteiger partial charge in [0.05, 0.1) is 7.11 Å². The molecule has 0 aliphatic rings. The summed E-state index contributed by atoms with van der Waals surface area (Å²) in [4.78, 5) is 12.0. The van der Waals surface area contributed by atoms with Crippen molar-refractivity contribution in [3.63, 3.8) is 0 Å². The number of ether oxygens (including phenoxy) is 1. The lowest BCUT2D eigenvalue weighted by Gasteiger charge is -2.05. The fourth-order valence-electron chi connectivity index (χ4n) is 1.04. The van der Waals surface area contributed by atoms with Gasteiger partial charge in [-0.25, -0.2) is 15.0 Å². The average Bonchev–Trinajstić information content (AvgIpc) is 2.64. The molecule has 0 saturated carbocycles. The summed E-state index contributed by atoms with van der Waals surface area (Å²) in [5.74, 6) is 1.17. The quantitative estimate of drug-likeness (QED) is 0.844. The summed E-state index contributed by atoms with van der Waals surface area (Å²) in [5, 5.41) is 8.14. The van der Waals surface area contributed by atoms with Gasteiger partial charge in [-0.2, -0.15) is 0 Å². The second-order valence-corrected chi connectivity index (χ2v) is 4.12. The minimum absolute atomic E-state index is 0.271. The van der Waals surface area contributed by atoms with Gasteiger partial charge in [0.25, 0.3) is 0 Å². The van der Waals surface area contributed by atoms with E-state index in [9.17, 15) is 0 Å². The van der Waals surface area contributed by atoms with E-state index in [1.54, 1.807) is 0 Å². The van der Waals surface area contributed by atoms with Crippen LogP contribution in [0.1, 0.15) is 5.82 Å². The Morgan fingerprint density at radius 1 is 1.44 bits per heavy atom. The molecule has 0 fully saturated rings. The number of aryl methyl sites for hydroxylation is 1. The van der Waals surface area contributed by atoms with Gasteiger partial charge in [0, 0.05) is 0 Å². The number of halogens is 1. The molecular formula is C8H8ClN5OS. The Hall–Kier alpha value is -1.34. The Bertz CT molecular complexity index is 503. The highest BCUT2D eigenvalue weighted by molar-refractivity contribution is 7.99. The molecule has 0 amide bonds. The molecule has 2 heterocycles. The first-order valence-electron chi connectivity index (χ1n) is 4.32. The number of hydrogen-bond donors (Lipinski definition) is 1. The first-order valence-corrected chi connectivity index (χ1v) is 5.51. The van der Waals surface area contributed by atoms with Crippen LogP contribution < -0.4 is 4.74 Å². The lowest BCUT2D eigenvalue weighted by molar-refractivity contribution is 0.398. The van der Waals surface area contributed by atoms with Gasteiger partial charge in [-0.1, -0.05) is 11.6 Å². The minimum Gasteiger partial charge on any atom is -0.491 e. The monoisotopic (exact) mass is 257 g/mol. The van der Waals surface area contributed by atoms with E-state index in [0.717, 1.165) is 5.82 Å². The number of hydrogen-bond acceptors (Lipinski definition) is 6. The maximum atomic E-state index is 5.86. The topological polar surface area (TPSA) is 76.6 Å². The van der Waals surface area contributed by atoms with E-state index in [2.05, 4.69) is 25.1 Å². The predicted octanol–water partition coefficient (Wildman–Crippen LogP) is 1.72. The summed E-state index contributed by atoms with van der Waals surface area (Å²) in [6.07, 6.45) is 1.37. The molecule has 0 bridgehead atoms. The number of H-pyrrole nitrogens is 1. The predicted molar refractivity (Wildman–Crippen MR) is 58.8 cm³/mol. The Balaban J connectivity index is 2.30. The highest BCUT2D eigenvalue weighted by atomic mass is 35.5. The van der Waals surface area contributed by atoms with Crippen molar-refractivity contribution >= 4 is 23.4 Å². The molecule has 2 rings (SSSR count). The van der Waals surface area contributed by atoms with Crippen LogP contribution in [-0.4, -0.2) is 32.3 Å². The van der Waals surface area contributed by atoms with E-state index >= 15 is 0 Å². The molecule has 16 heavy (non-hydrogen) atoms. The van der Waals surface area contributed by atoms with E-state index in [1.165, 1.54) is 25.2 Å². The fraction of sp³-hybridized carbons (Fsp3) is 0.250. The first-order chi connectivity index (χ1) is 7.70. The highest BCUT2D eigenvalue weighted by Crippen LogP contribution is 2.34. The maximum absolute atomic E-state index is 5.86. The van der Waals surface area contributed by atoms with E-state index in [1.807, 2.05) is 6.92 Å². The SMILES string of the molecule is COc1c(Cl)ncnc1Sc1n[nH]c(C)n1. The lowest BCUT2D eigenvalue weighted by atomic mass is 10.6. The smallest absolute Gasteiger partial charge is 0.214 e.